The highest BCUT2D eigenvalue weighted by molar-refractivity contribution is 14.0. The molecule has 30 heavy (non-hydrogen) atoms. The van der Waals surface area contributed by atoms with Crippen molar-refractivity contribution in [2.75, 3.05) is 33.2 Å². The molecule has 3 N–H and O–H groups in total. The first-order chi connectivity index (χ1) is 13.8. The summed E-state index contributed by atoms with van der Waals surface area (Å²) in [6.07, 6.45) is 0.392. The van der Waals surface area contributed by atoms with Crippen LogP contribution < -0.4 is 16.0 Å². The number of guanidine groups is 1. The third kappa shape index (κ3) is 12.2. The average molecular weight is 533 g/mol. The van der Waals surface area contributed by atoms with Crippen LogP contribution in [0, 0.1) is 0 Å². The van der Waals surface area contributed by atoms with Crippen LogP contribution in [0.3, 0.4) is 0 Å². The highest BCUT2D eigenvalue weighted by Gasteiger charge is 2.15. The zero-order chi connectivity index (χ0) is 21.7. The third-order valence-corrected chi connectivity index (χ3v) is 4.39. The Kier molecular flexibility index (Phi) is 14.5. The summed E-state index contributed by atoms with van der Waals surface area (Å²) >= 11 is 0. The van der Waals surface area contributed by atoms with Crippen LogP contribution in [0.5, 0.6) is 0 Å². The minimum atomic E-state index is -0.476. The van der Waals surface area contributed by atoms with Crippen LogP contribution in [-0.2, 0) is 17.8 Å². The molecule has 0 aliphatic heterocycles. The van der Waals surface area contributed by atoms with E-state index in [0.717, 1.165) is 32.0 Å². The van der Waals surface area contributed by atoms with E-state index in [2.05, 4.69) is 64.0 Å². The summed E-state index contributed by atoms with van der Waals surface area (Å²) in [5, 5.41) is 9.41. The molecule has 0 atom stereocenters. The van der Waals surface area contributed by atoms with Crippen LogP contribution in [0.15, 0.2) is 29.3 Å². The largest absolute Gasteiger partial charge is 0.444 e. The molecule has 0 saturated heterocycles. The number of halogens is 1. The molecule has 1 rings (SSSR count). The van der Waals surface area contributed by atoms with Crippen LogP contribution in [0.2, 0.25) is 0 Å². The summed E-state index contributed by atoms with van der Waals surface area (Å²) in [6, 6.07) is 8.51. The number of alkyl carbamates (subject to hydrolysis) is 1. The average Bonchev–Trinajstić information content (AvgIpc) is 2.67. The van der Waals surface area contributed by atoms with Crippen molar-refractivity contribution in [2.45, 2.75) is 59.7 Å². The zero-order valence-corrected chi connectivity index (χ0v) is 21.7. The topological polar surface area (TPSA) is 78.0 Å². The van der Waals surface area contributed by atoms with E-state index in [9.17, 15) is 4.79 Å². The van der Waals surface area contributed by atoms with E-state index >= 15 is 0 Å². The molecule has 1 amide bonds. The van der Waals surface area contributed by atoms with Crippen molar-refractivity contribution in [3.63, 3.8) is 0 Å². The van der Waals surface area contributed by atoms with Crippen molar-refractivity contribution in [3.8, 4) is 0 Å². The molecule has 0 bridgehead atoms. The van der Waals surface area contributed by atoms with Crippen molar-refractivity contribution in [3.05, 3.63) is 35.4 Å². The molecule has 0 aromatic heterocycles. The zero-order valence-electron chi connectivity index (χ0n) is 19.4. The Balaban J connectivity index is 0.00000841. The number of benzene rings is 1. The maximum Gasteiger partial charge on any atom is 0.407 e. The van der Waals surface area contributed by atoms with Crippen molar-refractivity contribution < 1.29 is 9.53 Å². The summed E-state index contributed by atoms with van der Waals surface area (Å²) < 4.78 is 5.22. The van der Waals surface area contributed by atoms with Crippen molar-refractivity contribution >= 4 is 36.0 Å². The molecule has 1 aromatic carbocycles. The number of rotatable bonds is 10. The van der Waals surface area contributed by atoms with Gasteiger partial charge in [-0.15, -0.1) is 24.0 Å². The number of carbonyl (C=O) groups excluding carboxylic acids is 1. The van der Waals surface area contributed by atoms with E-state index in [1.54, 1.807) is 7.05 Å². The second-order valence-electron chi connectivity index (χ2n) is 7.86. The molecule has 7 nitrogen and oxygen atoms in total. The molecular formula is C22H40IN5O2. The number of hydrogen-bond acceptors (Lipinski definition) is 4. The molecule has 8 heteroatoms. The second kappa shape index (κ2) is 15.3. The Bertz CT molecular complexity index is 643. The fourth-order valence-corrected chi connectivity index (χ4v) is 2.77. The number of nitrogens with zero attached hydrogens (tertiary/aromatic N) is 2. The van der Waals surface area contributed by atoms with Gasteiger partial charge < -0.3 is 20.7 Å². The van der Waals surface area contributed by atoms with Gasteiger partial charge in [0.05, 0.1) is 0 Å². The molecule has 0 aliphatic carbocycles. The standard InChI is InChI=1S/C22H39N5O2.HI/c1-7-27(8-2)17-19-13-10-9-12-18(19)16-26-20(23-6)24-14-11-15-25-21(28)29-22(3,4)5;/h9-10,12-13H,7-8,11,14-17H2,1-6H3,(H,25,28)(H2,23,24,26);1H. The predicted octanol–water partition coefficient (Wildman–Crippen LogP) is 3.73. The fourth-order valence-electron chi connectivity index (χ4n) is 2.77. The van der Waals surface area contributed by atoms with E-state index in [4.69, 9.17) is 4.74 Å². The quantitative estimate of drug-likeness (QED) is 0.185. The first-order valence-electron chi connectivity index (χ1n) is 10.5. The predicted molar refractivity (Wildman–Crippen MR) is 136 cm³/mol. The van der Waals surface area contributed by atoms with Gasteiger partial charge >= 0.3 is 6.09 Å². The van der Waals surface area contributed by atoms with Crippen molar-refractivity contribution in [1.29, 1.82) is 0 Å². The first-order valence-corrected chi connectivity index (χ1v) is 10.5. The molecule has 0 saturated carbocycles. The van der Waals surface area contributed by atoms with Crippen LogP contribution >= 0.6 is 24.0 Å². The molecular weight excluding hydrogens is 493 g/mol. The summed E-state index contributed by atoms with van der Waals surface area (Å²) in [7, 11) is 1.76. The molecule has 0 aliphatic rings. The maximum absolute atomic E-state index is 11.6. The highest BCUT2D eigenvalue weighted by atomic mass is 127. The van der Waals surface area contributed by atoms with Gasteiger partial charge in [0.1, 0.15) is 5.60 Å². The Labute approximate surface area is 199 Å². The summed E-state index contributed by atoms with van der Waals surface area (Å²) in [4.78, 5) is 18.3. The molecule has 0 heterocycles. The van der Waals surface area contributed by atoms with Gasteiger partial charge in [-0.2, -0.15) is 0 Å². The number of ether oxygens (including phenoxy) is 1. The minimum absolute atomic E-state index is 0. The van der Waals surface area contributed by atoms with E-state index in [-0.39, 0.29) is 30.1 Å². The maximum atomic E-state index is 11.6. The number of amides is 1. The lowest BCUT2D eigenvalue weighted by molar-refractivity contribution is 0.0527. The lowest BCUT2D eigenvalue weighted by Crippen LogP contribution is -2.39. The van der Waals surface area contributed by atoms with Gasteiger partial charge in [0, 0.05) is 33.2 Å². The molecule has 0 spiro atoms. The van der Waals surface area contributed by atoms with Gasteiger partial charge in [0.15, 0.2) is 5.96 Å². The van der Waals surface area contributed by atoms with Gasteiger partial charge in [-0.1, -0.05) is 38.1 Å². The van der Waals surface area contributed by atoms with E-state index < -0.39 is 5.60 Å². The number of hydrogen-bond donors (Lipinski definition) is 3. The lowest BCUT2D eigenvalue weighted by Gasteiger charge is -2.21. The Morgan fingerprint density at radius 3 is 2.20 bits per heavy atom. The van der Waals surface area contributed by atoms with Crippen LogP contribution in [0.25, 0.3) is 0 Å². The monoisotopic (exact) mass is 533 g/mol. The molecule has 0 fully saturated rings. The lowest BCUT2D eigenvalue weighted by atomic mass is 10.1. The van der Waals surface area contributed by atoms with Gasteiger partial charge in [-0.05, 0) is 51.4 Å². The van der Waals surface area contributed by atoms with Gasteiger partial charge in [0.25, 0.3) is 0 Å². The van der Waals surface area contributed by atoms with Crippen molar-refractivity contribution in [2.24, 2.45) is 4.99 Å². The van der Waals surface area contributed by atoms with E-state index in [0.29, 0.717) is 19.6 Å². The third-order valence-electron chi connectivity index (χ3n) is 4.39. The molecule has 0 unspecified atom stereocenters. The highest BCUT2D eigenvalue weighted by Crippen LogP contribution is 2.11. The summed E-state index contributed by atoms with van der Waals surface area (Å²) in [5.74, 6) is 0.750. The fraction of sp³-hybridized carbons (Fsp3) is 0.636. The summed E-state index contributed by atoms with van der Waals surface area (Å²) in [5.41, 5.74) is 2.13. The minimum Gasteiger partial charge on any atom is -0.444 e. The smallest absolute Gasteiger partial charge is 0.407 e. The Morgan fingerprint density at radius 1 is 1.03 bits per heavy atom. The second-order valence-corrected chi connectivity index (χ2v) is 7.86. The van der Waals surface area contributed by atoms with Crippen LogP contribution in [-0.4, -0.2) is 55.8 Å². The van der Waals surface area contributed by atoms with Gasteiger partial charge in [0.2, 0.25) is 0 Å². The Morgan fingerprint density at radius 2 is 1.63 bits per heavy atom. The van der Waals surface area contributed by atoms with Crippen LogP contribution in [0.4, 0.5) is 4.79 Å². The normalized spacial score (nSPS) is 11.6. The van der Waals surface area contributed by atoms with E-state index in [1.807, 2.05) is 20.8 Å². The Hall–Kier alpha value is -1.55. The number of carbonyl (C=O) groups is 1. The first kappa shape index (κ1) is 28.5. The molecule has 1 aromatic rings. The number of nitrogens with one attached hydrogen (secondary N) is 3. The van der Waals surface area contributed by atoms with Crippen molar-refractivity contribution in [1.82, 2.24) is 20.9 Å². The van der Waals surface area contributed by atoms with Crippen LogP contribution in [0.1, 0.15) is 52.2 Å². The van der Waals surface area contributed by atoms with E-state index in [1.165, 1.54) is 11.1 Å². The molecule has 172 valence electrons. The molecule has 0 radical (unpaired) electrons. The van der Waals surface area contributed by atoms with Gasteiger partial charge in [-0.3, -0.25) is 9.89 Å². The SMILES string of the molecule is CCN(CC)Cc1ccccc1CNC(=NC)NCCCNC(=O)OC(C)(C)C.I. The van der Waals surface area contributed by atoms with Gasteiger partial charge in [-0.25, -0.2) is 4.79 Å². The summed E-state index contributed by atoms with van der Waals surface area (Å²) in [6.45, 7) is 14.9. The number of aliphatic imine (C=N–C) groups is 1.